The molecule has 0 spiro atoms. The summed E-state index contributed by atoms with van der Waals surface area (Å²) >= 11 is 0. The zero-order chi connectivity index (χ0) is 30.2. The van der Waals surface area contributed by atoms with Crippen LogP contribution in [0.3, 0.4) is 0 Å². The van der Waals surface area contributed by atoms with E-state index >= 15 is 0 Å². The van der Waals surface area contributed by atoms with E-state index in [1.54, 1.807) is 0 Å². The summed E-state index contributed by atoms with van der Waals surface area (Å²) in [5, 5.41) is 3.19. The van der Waals surface area contributed by atoms with Gasteiger partial charge in [-0.05, 0) is 73.2 Å². The van der Waals surface area contributed by atoms with E-state index in [2.05, 4.69) is 120 Å². The van der Waals surface area contributed by atoms with Crippen LogP contribution in [0.5, 0.6) is 0 Å². The van der Waals surface area contributed by atoms with Gasteiger partial charge in [0.15, 0.2) is 0 Å². The van der Waals surface area contributed by atoms with Crippen LogP contribution >= 0.6 is 0 Å². The summed E-state index contributed by atoms with van der Waals surface area (Å²) in [6.45, 7) is 4.61. The number of nitrogens with zero attached hydrogens (tertiary/aromatic N) is 3. The summed E-state index contributed by atoms with van der Waals surface area (Å²) in [7, 11) is 0. The number of furan rings is 1. The third-order valence-electron chi connectivity index (χ3n) is 8.75. The number of benzene rings is 5. The molecule has 5 aromatic carbocycles. The second-order valence-electron chi connectivity index (χ2n) is 11.4. The molecule has 7 aromatic rings. The Kier molecular flexibility index (Phi) is 6.80. The Balaban J connectivity index is 1.11. The van der Waals surface area contributed by atoms with Gasteiger partial charge in [-0.15, -0.1) is 0 Å². The Morgan fingerprint density at radius 2 is 1.40 bits per heavy atom. The fourth-order valence-electron chi connectivity index (χ4n) is 6.47. The molecule has 216 valence electrons. The van der Waals surface area contributed by atoms with Crippen molar-refractivity contribution in [3.05, 3.63) is 151 Å². The van der Waals surface area contributed by atoms with E-state index in [0.29, 0.717) is 0 Å². The number of anilines is 2. The van der Waals surface area contributed by atoms with Crippen molar-refractivity contribution in [1.82, 2.24) is 4.98 Å². The van der Waals surface area contributed by atoms with Crippen LogP contribution in [-0.2, 0) is 0 Å². The molecule has 8 rings (SSSR count). The van der Waals surface area contributed by atoms with E-state index in [-0.39, 0.29) is 0 Å². The van der Waals surface area contributed by atoms with Gasteiger partial charge in [0.2, 0.25) is 0 Å². The number of hydrogen-bond acceptors (Lipinski definition) is 4. The highest BCUT2D eigenvalue weighted by Crippen LogP contribution is 2.40. The molecule has 1 aliphatic rings. The minimum atomic E-state index is 0.793. The van der Waals surface area contributed by atoms with E-state index in [1.807, 2.05) is 36.4 Å². The average Bonchev–Trinajstić information content (AvgIpc) is 3.51. The molecule has 0 atom stereocenters. The molecule has 0 bridgehead atoms. The number of aliphatic imine (C=N–C) groups is 1. The molecule has 0 saturated carbocycles. The lowest BCUT2D eigenvalue weighted by Crippen LogP contribution is -2.21. The first-order valence-electron chi connectivity index (χ1n) is 15.3. The molecular weight excluding hydrogens is 550 g/mol. The van der Waals surface area contributed by atoms with E-state index in [0.717, 1.165) is 80.5 Å². The molecule has 45 heavy (non-hydrogen) atoms. The summed E-state index contributed by atoms with van der Waals surface area (Å²) in [6.07, 6.45) is 6.55. The van der Waals surface area contributed by atoms with Crippen molar-refractivity contribution in [3.63, 3.8) is 0 Å². The number of rotatable bonds is 7. The second-order valence-corrected chi connectivity index (χ2v) is 11.4. The molecule has 0 N–H and O–H groups in total. The maximum absolute atomic E-state index is 6.39. The molecule has 0 saturated heterocycles. The first-order chi connectivity index (χ1) is 22.3. The topological polar surface area (TPSA) is 41.6 Å². The zero-order valence-electron chi connectivity index (χ0n) is 24.9. The van der Waals surface area contributed by atoms with E-state index in [1.165, 1.54) is 16.7 Å². The summed E-state index contributed by atoms with van der Waals surface area (Å²) < 4.78 is 6.39. The largest absolute Gasteiger partial charge is 0.455 e. The Morgan fingerprint density at radius 1 is 0.689 bits per heavy atom. The van der Waals surface area contributed by atoms with Crippen molar-refractivity contribution >= 4 is 62.2 Å². The van der Waals surface area contributed by atoms with Gasteiger partial charge in [-0.1, -0.05) is 103 Å². The number of aromatic nitrogens is 1. The molecule has 0 radical (unpaired) electrons. The van der Waals surface area contributed by atoms with E-state index < -0.39 is 0 Å². The normalized spacial score (nSPS) is 13.2. The van der Waals surface area contributed by atoms with Crippen LogP contribution in [0.1, 0.15) is 18.4 Å². The predicted octanol–water partition coefficient (Wildman–Crippen LogP) is 11.1. The van der Waals surface area contributed by atoms with Gasteiger partial charge >= 0.3 is 0 Å². The second kappa shape index (κ2) is 11.4. The number of hydrogen-bond donors (Lipinski definition) is 0. The molecule has 0 aliphatic heterocycles. The molecule has 0 amide bonds. The highest BCUT2D eigenvalue weighted by atomic mass is 16.3. The van der Waals surface area contributed by atoms with Crippen LogP contribution in [-0.4, -0.2) is 18.2 Å². The lowest BCUT2D eigenvalue weighted by molar-refractivity contribution is 0.672. The SMILES string of the molecule is C=Nc1ccccc1N(CC1=CC=C(c2ccc(-c3nc4ccccc4c4oc5ccccc5c34)cc2)CC1)c1ccccc1. The van der Waals surface area contributed by atoms with Crippen molar-refractivity contribution in [2.75, 3.05) is 11.4 Å². The molecule has 4 heteroatoms. The quantitative estimate of drug-likeness (QED) is 0.176. The first kappa shape index (κ1) is 26.9. The van der Waals surface area contributed by atoms with Crippen molar-refractivity contribution in [1.29, 1.82) is 0 Å². The number of fused-ring (bicyclic) bond motifs is 5. The molecule has 0 fully saturated rings. The number of pyridine rings is 1. The standard InChI is InChI=1S/C41H31N3O/c1-42-36-16-8-9-17-37(36)44(32-11-3-2-4-12-32)27-28-19-21-29(22-20-28)30-23-25-31(26-24-30)40-39-34-14-6-10-18-38(34)45-41(39)33-13-5-7-15-35(33)43-40/h2-19,21,23-26H,1,20,22,27H2. The fourth-order valence-corrected chi connectivity index (χ4v) is 6.47. The summed E-state index contributed by atoms with van der Waals surface area (Å²) in [5.41, 5.74) is 11.8. The first-order valence-corrected chi connectivity index (χ1v) is 15.3. The van der Waals surface area contributed by atoms with Gasteiger partial charge in [0.05, 0.1) is 28.0 Å². The van der Waals surface area contributed by atoms with Crippen LogP contribution in [0.4, 0.5) is 17.1 Å². The minimum Gasteiger partial charge on any atom is -0.455 e. The van der Waals surface area contributed by atoms with E-state index in [4.69, 9.17) is 9.40 Å². The lowest BCUT2D eigenvalue weighted by Gasteiger charge is -2.28. The van der Waals surface area contributed by atoms with Gasteiger partial charge in [-0.3, -0.25) is 4.99 Å². The number of allylic oxidation sites excluding steroid dienone is 3. The lowest BCUT2D eigenvalue weighted by atomic mass is 9.92. The van der Waals surface area contributed by atoms with Crippen molar-refractivity contribution < 1.29 is 4.42 Å². The van der Waals surface area contributed by atoms with Crippen LogP contribution in [0.2, 0.25) is 0 Å². The molecular formula is C41H31N3O. The highest BCUT2D eigenvalue weighted by Gasteiger charge is 2.19. The van der Waals surface area contributed by atoms with Crippen molar-refractivity contribution in [3.8, 4) is 11.3 Å². The van der Waals surface area contributed by atoms with Gasteiger partial charge in [0.25, 0.3) is 0 Å². The Hall–Kier alpha value is -5.74. The van der Waals surface area contributed by atoms with Crippen molar-refractivity contribution in [2.24, 2.45) is 4.99 Å². The minimum absolute atomic E-state index is 0.793. The molecule has 2 aromatic heterocycles. The number of para-hydroxylation sites is 5. The Labute approximate surface area is 262 Å². The molecule has 2 heterocycles. The third-order valence-corrected chi connectivity index (χ3v) is 8.75. The van der Waals surface area contributed by atoms with Crippen molar-refractivity contribution in [2.45, 2.75) is 12.8 Å². The smallest absolute Gasteiger partial charge is 0.147 e. The summed E-state index contributed by atoms with van der Waals surface area (Å²) in [4.78, 5) is 11.8. The molecule has 1 aliphatic carbocycles. The van der Waals surface area contributed by atoms with Crippen LogP contribution < -0.4 is 4.90 Å². The maximum atomic E-state index is 6.39. The van der Waals surface area contributed by atoms with Gasteiger partial charge in [-0.2, -0.15) is 0 Å². The van der Waals surface area contributed by atoms with Crippen LogP contribution in [0, 0.1) is 0 Å². The fraction of sp³-hybridized carbons (Fsp3) is 0.0732. The Bertz CT molecular complexity index is 2260. The van der Waals surface area contributed by atoms with Gasteiger partial charge in [0.1, 0.15) is 11.2 Å². The Morgan fingerprint density at radius 3 is 2.20 bits per heavy atom. The summed E-state index contributed by atoms with van der Waals surface area (Å²) in [5.74, 6) is 0. The van der Waals surface area contributed by atoms with Crippen LogP contribution in [0.25, 0.3) is 49.7 Å². The van der Waals surface area contributed by atoms with Gasteiger partial charge in [-0.25, -0.2) is 4.98 Å². The molecule has 0 unspecified atom stereocenters. The van der Waals surface area contributed by atoms with Gasteiger partial charge < -0.3 is 9.32 Å². The predicted molar refractivity (Wildman–Crippen MR) is 189 cm³/mol. The maximum Gasteiger partial charge on any atom is 0.147 e. The molecule has 4 nitrogen and oxygen atoms in total. The monoisotopic (exact) mass is 581 g/mol. The highest BCUT2D eigenvalue weighted by molar-refractivity contribution is 6.19. The van der Waals surface area contributed by atoms with Crippen LogP contribution in [0.15, 0.2) is 155 Å². The van der Waals surface area contributed by atoms with Gasteiger partial charge in [0, 0.05) is 28.6 Å². The summed E-state index contributed by atoms with van der Waals surface area (Å²) in [6, 6.07) is 44.0. The average molecular weight is 582 g/mol. The van der Waals surface area contributed by atoms with E-state index in [9.17, 15) is 0 Å². The third kappa shape index (κ3) is 4.91. The zero-order valence-corrected chi connectivity index (χ0v) is 24.9.